The molecule has 0 saturated carbocycles. The van der Waals surface area contributed by atoms with Gasteiger partial charge in [-0.3, -0.25) is 0 Å². The van der Waals surface area contributed by atoms with E-state index in [1.165, 1.54) is 12.4 Å². The number of nitrogens with zero attached hydrogens (tertiary/aromatic N) is 3. The zero-order chi connectivity index (χ0) is 16.7. The molecule has 1 saturated heterocycles. The third-order valence-electron chi connectivity index (χ3n) is 4.54. The quantitative estimate of drug-likeness (QED) is 0.706. The summed E-state index contributed by atoms with van der Waals surface area (Å²) in [5.41, 5.74) is 13.7. The molecule has 3 heterocycles. The van der Waals surface area contributed by atoms with Gasteiger partial charge in [-0.2, -0.15) is 0 Å². The molecule has 0 spiro atoms. The second-order valence-electron chi connectivity index (χ2n) is 5.96. The van der Waals surface area contributed by atoms with Crippen molar-refractivity contribution in [1.82, 2.24) is 14.5 Å². The summed E-state index contributed by atoms with van der Waals surface area (Å²) in [6, 6.07) is 5.21. The third-order valence-corrected chi connectivity index (χ3v) is 4.54. The Bertz CT molecular complexity index is 901. The maximum atomic E-state index is 14.6. The van der Waals surface area contributed by atoms with Gasteiger partial charge in [0.1, 0.15) is 17.8 Å². The molecule has 1 aliphatic heterocycles. The minimum absolute atomic E-state index is 0.106. The Kier molecular flexibility index (Phi) is 3.57. The van der Waals surface area contributed by atoms with Crippen LogP contribution in [0.5, 0.6) is 0 Å². The number of hydrogen-bond acceptors (Lipinski definition) is 5. The van der Waals surface area contributed by atoms with Crippen molar-refractivity contribution < 1.29 is 9.13 Å². The van der Waals surface area contributed by atoms with E-state index >= 15 is 0 Å². The second-order valence-corrected chi connectivity index (χ2v) is 5.96. The Labute approximate surface area is 138 Å². The summed E-state index contributed by atoms with van der Waals surface area (Å²) in [5.74, 6) is -0.116. The first-order valence-electron chi connectivity index (χ1n) is 7.90. The van der Waals surface area contributed by atoms with E-state index in [0.29, 0.717) is 41.2 Å². The first-order valence-corrected chi connectivity index (χ1v) is 7.90. The van der Waals surface area contributed by atoms with Crippen LogP contribution in [0, 0.1) is 5.82 Å². The zero-order valence-corrected chi connectivity index (χ0v) is 13.1. The molecule has 0 amide bonds. The first kappa shape index (κ1) is 14.9. The summed E-state index contributed by atoms with van der Waals surface area (Å²) in [6.07, 6.45) is 5.11. The van der Waals surface area contributed by atoms with Gasteiger partial charge in [-0.1, -0.05) is 12.1 Å². The second kappa shape index (κ2) is 5.76. The van der Waals surface area contributed by atoms with Crippen molar-refractivity contribution in [2.75, 3.05) is 24.7 Å². The molecule has 3 aromatic rings. The van der Waals surface area contributed by atoms with Crippen molar-refractivity contribution in [2.24, 2.45) is 0 Å². The Morgan fingerprint density at radius 2 is 1.92 bits per heavy atom. The molecular weight excluding hydrogens is 309 g/mol. The third kappa shape index (κ3) is 2.28. The van der Waals surface area contributed by atoms with Crippen LogP contribution < -0.4 is 11.5 Å². The van der Waals surface area contributed by atoms with Crippen molar-refractivity contribution in [3.8, 4) is 11.1 Å². The van der Waals surface area contributed by atoms with E-state index in [4.69, 9.17) is 16.2 Å². The van der Waals surface area contributed by atoms with Crippen LogP contribution in [-0.4, -0.2) is 27.7 Å². The Morgan fingerprint density at radius 3 is 2.71 bits per heavy atom. The van der Waals surface area contributed by atoms with Crippen molar-refractivity contribution in [1.29, 1.82) is 0 Å². The molecule has 0 unspecified atom stereocenters. The lowest BCUT2D eigenvalue weighted by atomic mass is 10.0. The van der Waals surface area contributed by atoms with Crippen LogP contribution >= 0.6 is 0 Å². The highest BCUT2D eigenvalue weighted by Gasteiger charge is 2.23. The van der Waals surface area contributed by atoms with Gasteiger partial charge in [0.05, 0.1) is 11.1 Å². The van der Waals surface area contributed by atoms with Crippen LogP contribution in [0.4, 0.5) is 15.9 Å². The van der Waals surface area contributed by atoms with Crippen molar-refractivity contribution >= 4 is 22.5 Å². The fourth-order valence-corrected chi connectivity index (χ4v) is 3.31. The monoisotopic (exact) mass is 327 g/mol. The number of aromatic nitrogens is 3. The van der Waals surface area contributed by atoms with Gasteiger partial charge in [0.2, 0.25) is 0 Å². The molecule has 0 aliphatic carbocycles. The molecule has 6 nitrogen and oxygen atoms in total. The fraction of sp³-hybridized carbons (Fsp3) is 0.294. The molecule has 1 aromatic carbocycles. The molecule has 4 rings (SSSR count). The Hall–Kier alpha value is -2.67. The maximum Gasteiger partial charge on any atom is 0.153 e. The lowest BCUT2D eigenvalue weighted by Crippen LogP contribution is -2.19. The smallest absolute Gasteiger partial charge is 0.153 e. The number of nitrogen functional groups attached to an aromatic ring is 2. The van der Waals surface area contributed by atoms with Crippen LogP contribution in [0.3, 0.4) is 0 Å². The van der Waals surface area contributed by atoms with Gasteiger partial charge in [-0.15, -0.1) is 0 Å². The number of hydrogen-bond donors (Lipinski definition) is 2. The average Bonchev–Trinajstić information content (AvgIpc) is 2.99. The molecule has 24 heavy (non-hydrogen) atoms. The number of fused-ring (bicyclic) bond motifs is 1. The van der Waals surface area contributed by atoms with E-state index in [-0.39, 0.29) is 11.7 Å². The number of ether oxygens (including phenoxy) is 1. The van der Waals surface area contributed by atoms with Crippen LogP contribution in [0.15, 0.2) is 30.7 Å². The number of halogens is 1. The number of benzene rings is 1. The van der Waals surface area contributed by atoms with E-state index in [1.54, 1.807) is 12.1 Å². The molecule has 4 N–H and O–H groups in total. The molecule has 7 heteroatoms. The van der Waals surface area contributed by atoms with E-state index in [2.05, 4.69) is 14.5 Å². The lowest BCUT2D eigenvalue weighted by molar-refractivity contribution is 0.0706. The molecule has 1 fully saturated rings. The zero-order valence-electron chi connectivity index (χ0n) is 13.1. The van der Waals surface area contributed by atoms with Crippen molar-refractivity contribution in [2.45, 2.75) is 18.9 Å². The minimum atomic E-state index is -0.452. The maximum absolute atomic E-state index is 14.6. The predicted octanol–water partition coefficient (Wildman–Crippen LogP) is 2.75. The van der Waals surface area contributed by atoms with Crippen LogP contribution in [0.25, 0.3) is 22.2 Å². The summed E-state index contributed by atoms with van der Waals surface area (Å²) in [4.78, 5) is 8.47. The summed E-state index contributed by atoms with van der Waals surface area (Å²) in [5, 5.41) is 0.661. The number of nitrogens with two attached hydrogens (primary N) is 2. The number of anilines is 2. The number of rotatable bonds is 2. The minimum Gasteiger partial charge on any atom is -0.396 e. The van der Waals surface area contributed by atoms with E-state index < -0.39 is 5.82 Å². The van der Waals surface area contributed by atoms with Crippen LogP contribution in [-0.2, 0) is 4.74 Å². The fourth-order valence-electron chi connectivity index (χ4n) is 3.31. The molecule has 0 radical (unpaired) electrons. The van der Waals surface area contributed by atoms with Crippen LogP contribution in [0.1, 0.15) is 18.9 Å². The Balaban J connectivity index is 1.97. The Morgan fingerprint density at radius 1 is 1.12 bits per heavy atom. The average molecular weight is 327 g/mol. The first-order chi connectivity index (χ1) is 11.7. The van der Waals surface area contributed by atoms with E-state index in [9.17, 15) is 4.39 Å². The largest absolute Gasteiger partial charge is 0.396 e. The predicted molar refractivity (Wildman–Crippen MR) is 90.8 cm³/mol. The molecule has 0 atom stereocenters. The summed E-state index contributed by atoms with van der Waals surface area (Å²) in [7, 11) is 0. The summed E-state index contributed by atoms with van der Waals surface area (Å²) >= 11 is 0. The SMILES string of the molecule is Nc1cccc(-c2cn(C3CCOCC3)c3ncnc(N)c23)c1F. The van der Waals surface area contributed by atoms with E-state index in [0.717, 1.165) is 12.8 Å². The normalized spacial score (nSPS) is 15.9. The summed E-state index contributed by atoms with van der Waals surface area (Å²) in [6.45, 7) is 1.40. The molecule has 0 bridgehead atoms. The molecular formula is C17H18FN5O. The highest BCUT2D eigenvalue weighted by atomic mass is 19.1. The van der Waals surface area contributed by atoms with Gasteiger partial charge in [0.25, 0.3) is 0 Å². The van der Waals surface area contributed by atoms with Gasteiger partial charge in [-0.25, -0.2) is 14.4 Å². The topological polar surface area (TPSA) is 92.0 Å². The van der Waals surface area contributed by atoms with Crippen molar-refractivity contribution in [3.63, 3.8) is 0 Å². The van der Waals surface area contributed by atoms with Crippen molar-refractivity contribution in [3.05, 3.63) is 36.5 Å². The van der Waals surface area contributed by atoms with E-state index in [1.807, 2.05) is 6.20 Å². The summed E-state index contributed by atoms with van der Waals surface area (Å²) < 4.78 is 22.1. The lowest BCUT2D eigenvalue weighted by Gasteiger charge is -2.24. The highest BCUT2D eigenvalue weighted by molar-refractivity contribution is 6.01. The van der Waals surface area contributed by atoms with Gasteiger partial charge in [0.15, 0.2) is 5.82 Å². The standard InChI is InChI=1S/C17H18FN5O/c18-15-11(2-1-3-13(15)19)12-8-23(10-4-6-24-7-5-10)17-14(12)16(20)21-9-22-17/h1-3,8-10H,4-7,19H2,(H2,20,21,22). The van der Waals surface area contributed by atoms with Gasteiger partial charge < -0.3 is 20.8 Å². The molecule has 124 valence electrons. The van der Waals surface area contributed by atoms with Gasteiger partial charge in [0, 0.05) is 36.6 Å². The molecule has 1 aliphatic rings. The molecule has 2 aromatic heterocycles. The van der Waals surface area contributed by atoms with Crippen LogP contribution in [0.2, 0.25) is 0 Å². The highest BCUT2D eigenvalue weighted by Crippen LogP contribution is 2.38. The van der Waals surface area contributed by atoms with Gasteiger partial charge in [-0.05, 0) is 18.9 Å². The van der Waals surface area contributed by atoms with Gasteiger partial charge >= 0.3 is 0 Å².